The fraction of sp³-hybridized carbons (Fsp3) is 0.111. The van der Waals surface area contributed by atoms with E-state index < -0.39 is 0 Å². The molecule has 6 heteroatoms. The molecule has 0 radical (unpaired) electrons. The van der Waals surface area contributed by atoms with Gasteiger partial charge in [-0.25, -0.2) is 4.98 Å². The average Bonchev–Trinajstić information content (AvgIpc) is 2.65. The molecule has 0 atom stereocenters. The number of nitrogens with zero attached hydrogens (tertiary/aromatic N) is 4. The summed E-state index contributed by atoms with van der Waals surface area (Å²) >= 11 is 1.32. The smallest absolute Gasteiger partial charge is 0.213 e. The van der Waals surface area contributed by atoms with Gasteiger partial charge in [0.15, 0.2) is 0 Å². The highest BCUT2D eigenvalue weighted by molar-refractivity contribution is 7.99. The largest absolute Gasteiger partial charge is 0.263 e. The van der Waals surface area contributed by atoms with Crippen molar-refractivity contribution in [2.24, 2.45) is 0 Å². The molecule has 0 amide bonds. The van der Waals surface area contributed by atoms with E-state index in [1.165, 1.54) is 11.8 Å². The summed E-state index contributed by atoms with van der Waals surface area (Å²) in [4.78, 5) is 8.86. The first-order valence-corrected chi connectivity index (χ1v) is 5.02. The molecule has 1 N–H and O–H groups in total. The molecule has 2 rings (SSSR count). The minimum Gasteiger partial charge on any atom is -0.263 e. The van der Waals surface area contributed by atoms with Gasteiger partial charge in [0.05, 0.1) is 10.5 Å². The van der Waals surface area contributed by atoms with Gasteiger partial charge < -0.3 is 0 Å². The number of aromatic amines is 1. The van der Waals surface area contributed by atoms with Crippen LogP contribution >= 0.6 is 11.8 Å². The summed E-state index contributed by atoms with van der Waals surface area (Å²) in [5, 5.41) is 16.2. The van der Waals surface area contributed by atoms with Gasteiger partial charge in [-0.2, -0.15) is 5.26 Å². The Morgan fingerprint density at radius 3 is 3.07 bits per heavy atom. The van der Waals surface area contributed by atoms with Gasteiger partial charge in [-0.3, -0.25) is 10.1 Å². The molecule has 0 saturated carbocycles. The fourth-order valence-corrected chi connectivity index (χ4v) is 1.83. The van der Waals surface area contributed by atoms with E-state index in [9.17, 15) is 0 Å². The van der Waals surface area contributed by atoms with Crippen LogP contribution in [0.15, 0.2) is 28.5 Å². The molecule has 0 saturated heterocycles. The van der Waals surface area contributed by atoms with Crippen LogP contribution in [0.3, 0.4) is 0 Å². The number of pyridine rings is 1. The van der Waals surface area contributed by atoms with Crippen molar-refractivity contribution in [1.29, 1.82) is 5.26 Å². The van der Waals surface area contributed by atoms with Crippen LogP contribution in [0.5, 0.6) is 0 Å². The van der Waals surface area contributed by atoms with Crippen LogP contribution in [0.1, 0.15) is 11.4 Å². The van der Waals surface area contributed by atoms with E-state index in [-0.39, 0.29) is 0 Å². The first-order valence-electron chi connectivity index (χ1n) is 4.20. The van der Waals surface area contributed by atoms with E-state index in [0.717, 1.165) is 10.7 Å². The van der Waals surface area contributed by atoms with Gasteiger partial charge >= 0.3 is 0 Å². The molecule has 74 valence electrons. The second-order valence-electron chi connectivity index (χ2n) is 2.79. The average molecular weight is 217 g/mol. The molecule has 0 unspecified atom stereocenters. The minimum atomic E-state index is 0.581. The van der Waals surface area contributed by atoms with E-state index in [4.69, 9.17) is 5.26 Å². The topological polar surface area (TPSA) is 78.2 Å². The number of nitriles is 1. The summed E-state index contributed by atoms with van der Waals surface area (Å²) in [6.45, 7) is 1.82. The van der Waals surface area contributed by atoms with Crippen LogP contribution in [0.25, 0.3) is 0 Å². The van der Waals surface area contributed by atoms with E-state index in [1.807, 2.05) is 6.92 Å². The third-order valence-corrected chi connectivity index (χ3v) is 2.59. The predicted octanol–water partition coefficient (Wildman–Crippen LogP) is 1.53. The number of hydrogen-bond donors (Lipinski definition) is 1. The van der Waals surface area contributed by atoms with Crippen molar-refractivity contribution in [3.63, 3.8) is 0 Å². The summed E-state index contributed by atoms with van der Waals surface area (Å²) in [5.74, 6) is 0.750. The molecule has 0 aliphatic heterocycles. The molecular formula is C9H7N5S. The molecular weight excluding hydrogens is 210 g/mol. The SMILES string of the molecule is Cc1nc(Sc2cnccc2C#N)n[nH]1. The quantitative estimate of drug-likeness (QED) is 0.825. The molecule has 0 aliphatic carbocycles. The normalized spacial score (nSPS) is 9.87. The second-order valence-corrected chi connectivity index (χ2v) is 3.80. The number of nitrogens with one attached hydrogen (secondary N) is 1. The van der Waals surface area contributed by atoms with Crippen molar-refractivity contribution in [2.75, 3.05) is 0 Å². The van der Waals surface area contributed by atoms with Gasteiger partial charge in [0.25, 0.3) is 0 Å². The van der Waals surface area contributed by atoms with Gasteiger partial charge in [-0.05, 0) is 24.8 Å². The first kappa shape index (κ1) is 9.68. The predicted molar refractivity (Wildman–Crippen MR) is 54.2 cm³/mol. The van der Waals surface area contributed by atoms with Crippen LogP contribution in [0.2, 0.25) is 0 Å². The van der Waals surface area contributed by atoms with Gasteiger partial charge in [0.2, 0.25) is 5.16 Å². The highest BCUT2D eigenvalue weighted by Gasteiger charge is 2.07. The lowest BCUT2D eigenvalue weighted by molar-refractivity contribution is 0.968. The number of H-pyrrole nitrogens is 1. The zero-order valence-corrected chi connectivity index (χ0v) is 8.75. The highest BCUT2D eigenvalue weighted by atomic mass is 32.2. The summed E-state index contributed by atoms with van der Waals surface area (Å²) < 4.78 is 0. The molecule has 2 heterocycles. The molecule has 5 nitrogen and oxygen atoms in total. The van der Waals surface area contributed by atoms with Gasteiger partial charge in [-0.1, -0.05) is 0 Å². The number of rotatable bonds is 2. The van der Waals surface area contributed by atoms with Crippen molar-refractivity contribution in [3.8, 4) is 6.07 Å². The molecule has 0 aliphatic rings. The molecule has 0 spiro atoms. The van der Waals surface area contributed by atoms with Crippen LogP contribution in [0, 0.1) is 18.3 Å². The van der Waals surface area contributed by atoms with E-state index in [0.29, 0.717) is 10.7 Å². The minimum absolute atomic E-state index is 0.581. The molecule has 0 bridgehead atoms. The Morgan fingerprint density at radius 2 is 2.40 bits per heavy atom. The molecule has 2 aromatic rings. The van der Waals surface area contributed by atoms with Gasteiger partial charge in [-0.15, -0.1) is 5.10 Å². The number of hydrogen-bond acceptors (Lipinski definition) is 5. The number of aromatic nitrogens is 4. The van der Waals surface area contributed by atoms with E-state index in [1.54, 1.807) is 18.5 Å². The summed E-state index contributed by atoms with van der Waals surface area (Å²) in [7, 11) is 0. The molecule has 2 aromatic heterocycles. The highest BCUT2D eigenvalue weighted by Crippen LogP contribution is 2.26. The Labute approximate surface area is 90.6 Å². The lowest BCUT2D eigenvalue weighted by Crippen LogP contribution is -1.84. The maximum absolute atomic E-state index is 8.86. The van der Waals surface area contributed by atoms with E-state index >= 15 is 0 Å². The third kappa shape index (κ3) is 2.14. The van der Waals surface area contributed by atoms with Crippen LogP contribution < -0.4 is 0 Å². The lowest BCUT2D eigenvalue weighted by atomic mass is 10.3. The maximum atomic E-state index is 8.86. The van der Waals surface area contributed by atoms with Crippen molar-refractivity contribution in [3.05, 3.63) is 29.8 Å². The van der Waals surface area contributed by atoms with Crippen molar-refractivity contribution in [1.82, 2.24) is 20.2 Å². The molecule has 0 fully saturated rings. The van der Waals surface area contributed by atoms with Crippen LogP contribution in [-0.4, -0.2) is 20.2 Å². The lowest BCUT2D eigenvalue weighted by Gasteiger charge is -1.97. The Balaban J connectivity index is 2.28. The Bertz CT molecular complexity index is 513. The number of aryl methyl sites for hydroxylation is 1. The summed E-state index contributed by atoms with van der Waals surface area (Å²) in [6, 6.07) is 3.76. The summed E-state index contributed by atoms with van der Waals surface area (Å²) in [5.41, 5.74) is 0.581. The standard InChI is InChI=1S/C9H7N5S/c1-6-12-9(14-13-6)15-8-5-11-3-2-7(8)4-10/h2-3,5H,1H3,(H,12,13,14). The fourth-order valence-electron chi connectivity index (χ4n) is 1.02. The third-order valence-electron chi connectivity index (χ3n) is 1.68. The van der Waals surface area contributed by atoms with E-state index in [2.05, 4.69) is 26.2 Å². The maximum Gasteiger partial charge on any atom is 0.213 e. The van der Waals surface area contributed by atoms with Gasteiger partial charge in [0, 0.05) is 12.4 Å². The van der Waals surface area contributed by atoms with Crippen LogP contribution in [-0.2, 0) is 0 Å². The Hall–Kier alpha value is -1.87. The Morgan fingerprint density at radius 1 is 1.53 bits per heavy atom. The monoisotopic (exact) mass is 217 g/mol. The van der Waals surface area contributed by atoms with Gasteiger partial charge in [0.1, 0.15) is 11.9 Å². The van der Waals surface area contributed by atoms with Crippen molar-refractivity contribution in [2.45, 2.75) is 17.0 Å². The van der Waals surface area contributed by atoms with Crippen LogP contribution in [0.4, 0.5) is 0 Å². The zero-order valence-electron chi connectivity index (χ0n) is 7.93. The Kier molecular flexibility index (Phi) is 2.65. The zero-order chi connectivity index (χ0) is 10.7. The first-order chi connectivity index (χ1) is 7.29. The van der Waals surface area contributed by atoms with Crippen molar-refractivity contribution < 1.29 is 0 Å². The molecule has 0 aromatic carbocycles. The second kappa shape index (κ2) is 4.11. The molecule has 15 heavy (non-hydrogen) atoms. The summed E-state index contributed by atoms with van der Waals surface area (Å²) in [6.07, 6.45) is 3.22. The van der Waals surface area contributed by atoms with Crippen molar-refractivity contribution >= 4 is 11.8 Å².